The predicted molar refractivity (Wildman–Crippen MR) is 77.6 cm³/mol. The third-order valence-electron chi connectivity index (χ3n) is 3.10. The lowest BCUT2D eigenvalue weighted by Crippen LogP contribution is -2.21. The van der Waals surface area contributed by atoms with Crippen LogP contribution >= 0.6 is 15.9 Å². The van der Waals surface area contributed by atoms with Gasteiger partial charge in [0.25, 0.3) is 0 Å². The van der Waals surface area contributed by atoms with E-state index in [-0.39, 0.29) is 6.04 Å². The van der Waals surface area contributed by atoms with Gasteiger partial charge in [0.05, 0.1) is 17.4 Å². The summed E-state index contributed by atoms with van der Waals surface area (Å²) in [5.41, 5.74) is 3.60. The fraction of sp³-hybridized carbons (Fsp3) is 0.357. The van der Waals surface area contributed by atoms with Crippen LogP contribution in [0, 0.1) is 6.92 Å². The third-order valence-corrected chi connectivity index (χ3v) is 3.63. The zero-order valence-electron chi connectivity index (χ0n) is 10.9. The molecule has 0 saturated heterocycles. The number of halogens is 1. The van der Waals surface area contributed by atoms with Crippen LogP contribution in [0.2, 0.25) is 0 Å². The highest BCUT2D eigenvalue weighted by atomic mass is 79.9. The summed E-state index contributed by atoms with van der Waals surface area (Å²) >= 11 is 3.46. The number of aromatic nitrogens is 2. The summed E-state index contributed by atoms with van der Waals surface area (Å²) in [6, 6.07) is 10.9. The van der Waals surface area contributed by atoms with Crippen molar-refractivity contribution in [3.8, 4) is 0 Å². The number of benzene rings is 1. The van der Waals surface area contributed by atoms with Crippen LogP contribution in [-0.2, 0) is 13.5 Å². The average Bonchev–Trinajstić information content (AvgIpc) is 2.68. The molecule has 2 aromatic rings. The minimum Gasteiger partial charge on any atom is -0.311 e. The molecule has 1 atom stereocenters. The van der Waals surface area contributed by atoms with Gasteiger partial charge in [0.1, 0.15) is 0 Å². The Kier molecular flexibility index (Phi) is 4.19. The van der Waals surface area contributed by atoms with Gasteiger partial charge in [-0.3, -0.25) is 4.68 Å². The van der Waals surface area contributed by atoms with Gasteiger partial charge >= 0.3 is 0 Å². The van der Waals surface area contributed by atoms with Crippen molar-refractivity contribution in [2.75, 3.05) is 7.05 Å². The average molecular weight is 308 g/mol. The molecule has 0 radical (unpaired) electrons. The number of likely N-dealkylation sites (N-methyl/N-ethyl adjacent to an activating group) is 1. The zero-order valence-corrected chi connectivity index (χ0v) is 12.5. The molecule has 0 aliphatic carbocycles. The molecule has 3 nitrogen and oxygen atoms in total. The van der Waals surface area contributed by atoms with Crippen LogP contribution in [-0.4, -0.2) is 16.8 Å². The molecule has 1 aromatic heterocycles. The number of hydrogen-bond donors (Lipinski definition) is 1. The van der Waals surface area contributed by atoms with Gasteiger partial charge in [-0.1, -0.05) is 28.1 Å². The third kappa shape index (κ3) is 3.00. The van der Waals surface area contributed by atoms with Crippen LogP contribution in [0.4, 0.5) is 0 Å². The quantitative estimate of drug-likeness (QED) is 0.941. The summed E-state index contributed by atoms with van der Waals surface area (Å²) in [5.74, 6) is 0. The van der Waals surface area contributed by atoms with E-state index in [1.807, 2.05) is 25.7 Å². The first-order valence-corrected chi connectivity index (χ1v) is 6.81. The molecule has 0 spiro atoms. The molecule has 1 heterocycles. The monoisotopic (exact) mass is 307 g/mol. The summed E-state index contributed by atoms with van der Waals surface area (Å²) in [7, 11) is 3.99. The van der Waals surface area contributed by atoms with E-state index in [9.17, 15) is 0 Å². The molecule has 2 rings (SSSR count). The van der Waals surface area contributed by atoms with Crippen molar-refractivity contribution in [3.05, 3.63) is 51.8 Å². The van der Waals surface area contributed by atoms with Crippen molar-refractivity contribution in [2.45, 2.75) is 19.4 Å². The molecule has 1 N–H and O–H groups in total. The summed E-state index contributed by atoms with van der Waals surface area (Å²) in [4.78, 5) is 0. The van der Waals surface area contributed by atoms with E-state index in [1.165, 1.54) is 11.3 Å². The number of nitrogens with one attached hydrogen (secondary N) is 1. The molecule has 0 amide bonds. The first-order chi connectivity index (χ1) is 8.60. The Bertz CT molecular complexity index is 516. The second kappa shape index (κ2) is 5.67. The highest BCUT2D eigenvalue weighted by Crippen LogP contribution is 2.20. The minimum atomic E-state index is 0.289. The molecule has 1 aromatic carbocycles. The number of nitrogens with zero attached hydrogens (tertiary/aromatic N) is 2. The van der Waals surface area contributed by atoms with Gasteiger partial charge in [0, 0.05) is 11.5 Å². The lowest BCUT2D eigenvalue weighted by Gasteiger charge is -2.16. The molecule has 0 saturated carbocycles. The van der Waals surface area contributed by atoms with Crippen LogP contribution in [0.5, 0.6) is 0 Å². The maximum absolute atomic E-state index is 4.40. The van der Waals surface area contributed by atoms with Gasteiger partial charge < -0.3 is 5.32 Å². The van der Waals surface area contributed by atoms with Gasteiger partial charge in [-0.2, -0.15) is 5.10 Å². The maximum Gasteiger partial charge on any atom is 0.0597 e. The van der Waals surface area contributed by atoms with Crippen LogP contribution in [0.25, 0.3) is 0 Å². The van der Waals surface area contributed by atoms with Gasteiger partial charge in [-0.05, 0) is 44.2 Å². The Balaban J connectivity index is 2.19. The van der Waals surface area contributed by atoms with Crippen molar-refractivity contribution in [1.82, 2.24) is 15.1 Å². The van der Waals surface area contributed by atoms with Gasteiger partial charge in [-0.15, -0.1) is 0 Å². The molecular formula is C14H18BrN3. The Morgan fingerprint density at radius 2 is 2.00 bits per heavy atom. The standard InChI is InChI=1S/C14H18BrN3/c1-10-8-14(18(3)17-10)13(16-2)9-11-4-6-12(15)7-5-11/h4-8,13,16H,9H2,1-3H3. The Hall–Kier alpha value is -1.13. The van der Waals surface area contributed by atoms with E-state index >= 15 is 0 Å². The van der Waals surface area contributed by atoms with E-state index in [0.29, 0.717) is 0 Å². The second-order valence-electron chi connectivity index (χ2n) is 4.51. The van der Waals surface area contributed by atoms with Crippen molar-refractivity contribution in [1.29, 1.82) is 0 Å². The summed E-state index contributed by atoms with van der Waals surface area (Å²) in [6.07, 6.45) is 0.961. The fourth-order valence-electron chi connectivity index (χ4n) is 2.17. The number of hydrogen-bond acceptors (Lipinski definition) is 2. The van der Waals surface area contributed by atoms with E-state index in [1.54, 1.807) is 0 Å². The summed E-state index contributed by atoms with van der Waals surface area (Å²) in [6.45, 7) is 2.02. The van der Waals surface area contributed by atoms with Crippen molar-refractivity contribution < 1.29 is 0 Å². The summed E-state index contributed by atoms with van der Waals surface area (Å²) in [5, 5.41) is 7.77. The minimum absolute atomic E-state index is 0.289. The normalized spacial score (nSPS) is 12.7. The highest BCUT2D eigenvalue weighted by Gasteiger charge is 2.14. The first kappa shape index (κ1) is 13.3. The largest absolute Gasteiger partial charge is 0.311 e. The Morgan fingerprint density at radius 1 is 1.33 bits per heavy atom. The van der Waals surface area contributed by atoms with Gasteiger partial charge in [0.2, 0.25) is 0 Å². The lowest BCUT2D eigenvalue weighted by atomic mass is 10.0. The summed E-state index contributed by atoms with van der Waals surface area (Å²) < 4.78 is 3.07. The van der Waals surface area contributed by atoms with Gasteiger partial charge in [0.15, 0.2) is 0 Å². The Morgan fingerprint density at radius 3 is 2.50 bits per heavy atom. The van der Waals surface area contributed by atoms with Crippen LogP contribution in [0.3, 0.4) is 0 Å². The number of aryl methyl sites for hydroxylation is 2. The van der Waals surface area contributed by atoms with Crippen LogP contribution < -0.4 is 5.32 Å². The first-order valence-electron chi connectivity index (χ1n) is 6.02. The Labute approximate surface area is 116 Å². The maximum atomic E-state index is 4.40. The number of rotatable bonds is 4. The molecule has 96 valence electrons. The van der Waals surface area contributed by atoms with E-state index in [0.717, 1.165) is 16.6 Å². The molecule has 0 bridgehead atoms. The lowest BCUT2D eigenvalue weighted by molar-refractivity contribution is 0.537. The molecule has 18 heavy (non-hydrogen) atoms. The molecule has 1 unspecified atom stereocenters. The molecule has 0 aliphatic rings. The topological polar surface area (TPSA) is 29.9 Å². The van der Waals surface area contributed by atoms with Crippen molar-refractivity contribution in [2.24, 2.45) is 7.05 Å². The predicted octanol–water partition coefficient (Wildman–Crippen LogP) is 2.99. The van der Waals surface area contributed by atoms with Crippen LogP contribution in [0.1, 0.15) is 23.0 Å². The smallest absolute Gasteiger partial charge is 0.0597 e. The van der Waals surface area contributed by atoms with E-state index in [2.05, 4.69) is 56.7 Å². The van der Waals surface area contributed by atoms with Crippen molar-refractivity contribution in [3.63, 3.8) is 0 Å². The fourth-order valence-corrected chi connectivity index (χ4v) is 2.43. The second-order valence-corrected chi connectivity index (χ2v) is 5.42. The molecular weight excluding hydrogens is 290 g/mol. The van der Waals surface area contributed by atoms with E-state index in [4.69, 9.17) is 0 Å². The zero-order chi connectivity index (χ0) is 13.1. The molecule has 0 fully saturated rings. The molecule has 0 aliphatic heterocycles. The van der Waals surface area contributed by atoms with Crippen LogP contribution in [0.15, 0.2) is 34.8 Å². The molecule has 4 heteroatoms. The van der Waals surface area contributed by atoms with Gasteiger partial charge in [-0.25, -0.2) is 0 Å². The SMILES string of the molecule is CNC(Cc1ccc(Br)cc1)c1cc(C)nn1C. The van der Waals surface area contributed by atoms with Crippen molar-refractivity contribution >= 4 is 15.9 Å². The van der Waals surface area contributed by atoms with E-state index < -0.39 is 0 Å². The highest BCUT2D eigenvalue weighted by molar-refractivity contribution is 9.10.